The molecule has 14 nitrogen and oxygen atoms in total. The Morgan fingerprint density at radius 3 is 1.08 bits per heavy atom. The molecule has 2 rings (SSSR count). The molecule has 0 saturated carbocycles. The number of rotatable bonds is 65. The van der Waals surface area contributed by atoms with Crippen molar-refractivity contribution in [3.8, 4) is 0 Å². The molecule has 1 amide bonds. The molecule has 536 valence electrons. The summed E-state index contributed by atoms with van der Waals surface area (Å²) in [5, 5.41) is 87.6. The maximum Gasteiger partial charge on any atom is 0.220 e. The van der Waals surface area contributed by atoms with Crippen LogP contribution in [0.3, 0.4) is 0 Å². The van der Waals surface area contributed by atoms with Gasteiger partial charge in [-0.15, -0.1) is 0 Å². The second-order valence-corrected chi connectivity index (χ2v) is 27.5. The van der Waals surface area contributed by atoms with Crippen LogP contribution in [-0.2, 0) is 23.7 Å². The van der Waals surface area contributed by atoms with E-state index in [1.54, 1.807) is 6.08 Å². The second-order valence-electron chi connectivity index (χ2n) is 27.5. The predicted molar refractivity (Wildman–Crippen MR) is 374 cm³/mol. The molecule has 9 N–H and O–H groups in total. The first-order valence-corrected chi connectivity index (χ1v) is 38.7. The van der Waals surface area contributed by atoms with E-state index < -0.39 is 86.8 Å². The minimum Gasteiger partial charge on any atom is -0.394 e. The van der Waals surface area contributed by atoms with Crippen LogP contribution in [0.4, 0.5) is 0 Å². The van der Waals surface area contributed by atoms with E-state index in [-0.39, 0.29) is 18.9 Å². The average Bonchev–Trinajstić information content (AvgIpc) is 0.971. The molecule has 12 atom stereocenters. The lowest BCUT2D eigenvalue weighted by molar-refractivity contribution is -0.359. The zero-order valence-electron chi connectivity index (χ0n) is 58.6. The Balaban J connectivity index is 1.65. The van der Waals surface area contributed by atoms with Crippen molar-refractivity contribution < 1.29 is 64.6 Å². The zero-order chi connectivity index (χ0) is 65.9. The summed E-state index contributed by atoms with van der Waals surface area (Å²) in [6.45, 7) is 2.84. The number of hydrogen-bond donors (Lipinski definition) is 9. The SMILES string of the molecule is CCCCCCCCCCCCCCCCCCC/C=C/CC/C=C/CC/C=C/C(O)C(COC1OC(CO)C(OC2OC(CO)C(O)C(O)C2O)C(O)C1O)NC(=O)CCCCCCCCCCCCCCCCCCCCCCCCCCCCCCCC. The third-order valence-electron chi connectivity index (χ3n) is 19.1. The van der Waals surface area contributed by atoms with Crippen LogP contribution in [0, 0.1) is 0 Å². The summed E-state index contributed by atoms with van der Waals surface area (Å²) in [6.07, 6.45) is 63.7. The monoisotopic (exact) mass is 1290 g/mol. The molecule has 14 heteroatoms. The lowest BCUT2D eigenvalue weighted by atomic mass is 9.97. The molecular weight excluding hydrogens is 1150 g/mol. The van der Waals surface area contributed by atoms with Crippen molar-refractivity contribution in [3.05, 3.63) is 36.5 Å². The fourth-order valence-electron chi connectivity index (χ4n) is 12.9. The topological polar surface area (TPSA) is 228 Å². The first kappa shape index (κ1) is 85.3. The summed E-state index contributed by atoms with van der Waals surface area (Å²) < 4.78 is 22.9. The minimum atomic E-state index is -1.79. The van der Waals surface area contributed by atoms with Gasteiger partial charge in [0.25, 0.3) is 0 Å². The van der Waals surface area contributed by atoms with Crippen molar-refractivity contribution in [1.82, 2.24) is 5.32 Å². The molecule has 2 saturated heterocycles. The third-order valence-corrected chi connectivity index (χ3v) is 19.1. The quantitative estimate of drug-likeness (QED) is 0.0204. The molecule has 2 aliphatic heterocycles. The van der Waals surface area contributed by atoms with Crippen LogP contribution >= 0.6 is 0 Å². The molecule has 0 aromatic carbocycles. The highest BCUT2D eigenvalue weighted by molar-refractivity contribution is 5.76. The number of aliphatic hydroxyl groups excluding tert-OH is 8. The average molecular weight is 1290 g/mol. The molecule has 0 radical (unpaired) electrons. The van der Waals surface area contributed by atoms with E-state index in [1.807, 2.05) is 6.08 Å². The Hall–Kier alpha value is -1.79. The smallest absolute Gasteiger partial charge is 0.220 e. The van der Waals surface area contributed by atoms with Crippen molar-refractivity contribution in [2.75, 3.05) is 19.8 Å². The van der Waals surface area contributed by atoms with Gasteiger partial charge in [0, 0.05) is 6.42 Å². The maximum absolute atomic E-state index is 13.4. The van der Waals surface area contributed by atoms with Crippen molar-refractivity contribution in [1.29, 1.82) is 0 Å². The van der Waals surface area contributed by atoms with Gasteiger partial charge in [-0.25, -0.2) is 0 Å². The van der Waals surface area contributed by atoms with Crippen molar-refractivity contribution in [2.45, 2.75) is 428 Å². The fraction of sp³-hybridized carbons (Fsp3) is 0.909. The van der Waals surface area contributed by atoms with Gasteiger partial charge in [0.15, 0.2) is 12.6 Å². The summed E-state index contributed by atoms with van der Waals surface area (Å²) in [5.74, 6) is -0.246. The van der Waals surface area contributed by atoms with Crippen LogP contribution < -0.4 is 5.32 Å². The van der Waals surface area contributed by atoms with Gasteiger partial charge in [-0.1, -0.05) is 339 Å². The molecule has 2 fully saturated rings. The molecule has 0 bridgehead atoms. The van der Waals surface area contributed by atoms with Crippen LogP contribution in [0.15, 0.2) is 36.5 Å². The van der Waals surface area contributed by atoms with E-state index in [0.717, 1.165) is 44.9 Å². The van der Waals surface area contributed by atoms with E-state index in [1.165, 1.54) is 276 Å². The number of allylic oxidation sites excluding steroid dienone is 5. The first-order valence-electron chi connectivity index (χ1n) is 38.7. The van der Waals surface area contributed by atoms with Crippen LogP contribution in [0.2, 0.25) is 0 Å². The number of amides is 1. The molecule has 0 aromatic rings. The van der Waals surface area contributed by atoms with Crippen LogP contribution in [0.25, 0.3) is 0 Å². The van der Waals surface area contributed by atoms with E-state index >= 15 is 0 Å². The maximum atomic E-state index is 13.4. The summed E-state index contributed by atoms with van der Waals surface area (Å²) in [5.41, 5.74) is 0. The molecule has 91 heavy (non-hydrogen) atoms. The lowest BCUT2D eigenvalue weighted by Gasteiger charge is -2.46. The highest BCUT2D eigenvalue weighted by atomic mass is 16.7. The number of aliphatic hydroxyl groups is 8. The molecule has 2 heterocycles. The Kier molecular flexibility index (Phi) is 57.9. The van der Waals surface area contributed by atoms with Crippen LogP contribution in [0.1, 0.15) is 354 Å². The number of carbonyl (C=O) groups excluding carboxylic acids is 1. The Bertz CT molecular complexity index is 1670. The number of nitrogens with one attached hydrogen (secondary N) is 1. The summed E-state index contributed by atoms with van der Waals surface area (Å²) in [4.78, 5) is 13.4. The van der Waals surface area contributed by atoms with Gasteiger partial charge in [-0.3, -0.25) is 4.79 Å². The molecule has 2 aliphatic rings. The number of carbonyl (C=O) groups is 1. The third kappa shape index (κ3) is 45.4. The van der Waals surface area contributed by atoms with Crippen molar-refractivity contribution in [3.63, 3.8) is 0 Å². The number of ether oxygens (including phenoxy) is 4. The largest absolute Gasteiger partial charge is 0.394 e. The minimum absolute atomic E-state index is 0.246. The van der Waals surface area contributed by atoms with Gasteiger partial charge >= 0.3 is 0 Å². The van der Waals surface area contributed by atoms with Gasteiger partial charge in [-0.2, -0.15) is 0 Å². The van der Waals surface area contributed by atoms with E-state index in [0.29, 0.717) is 12.8 Å². The molecule has 0 aromatic heterocycles. The Labute approximate surface area is 557 Å². The van der Waals surface area contributed by atoms with Gasteiger partial charge in [0.05, 0.1) is 32.0 Å². The Morgan fingerprint density at radius 2 is 0.703 bits per heavy atom. The van der Waals surface area contributed by atoms with E-state index in [2.05, 4.69) is 43.5 Å². The normalized spacial score (nSPS) is 22.9. The zero-order valence-corrected chi connectivity index (χ0v) is 58.6. The van der Waals surface area contributed by atoms with Gasteiger partial charge in [-0.05, 0) is 44.9 Å². The van der Waals surface area contributed by atoms with Gasteiger partial charge in [0.2, 0.25) is 5.91 Å². The summed E-state index contributed by atoms with van der Waals surface area (Å²) >= 11 is 0. The number of unbranched alkanes of at least 4 members (excludes halogenated alkanes) is 48. The molecule has 0 aliphatic carbocycles. The Morgan fingerprint density at radius 1 is 0.385 bits per heavy atom. The first-order chi connectivity index (χ1) is 44.6. The second kappa shape index (κ2) is 61.8. The van der Waals surface area contributed by atoms with Gasteiger partial charge in [0.1, 0.15) is 48.8 Å². The van der Waals surface area contributed by atoms with Crippen molar-refractivity contribution in [2.24, 2.45) is 0 Å². The highest BCUT2D eigenvalue weighted by Crippen LogP contribution is 2.30. The molecule has 0 spiro atoms. The van der Waals surface area contributed by atoms with Crippen LogP contribution in [0.5, 0.6) is 0 Å². The summed E-state index contributed by atoms with van der Waals surface area (Å²) in [7, 11) is 0. The summed E-state index contributed by atoms with van der Waals surface area (Å²) in [6, 6.07) is -0.938. The van der Waals surface area contributed by atoms with Crippen molar-refractivity contribution >= 4 is 5.91 Å². The standard InChI is InChI=1S/C77H145NO13/c1-3-5-7-9-11-13-15-17-19-21-23-25-27-29-31-32-33-35-37-39-41-43-45-47-49-51-53-55-57-59-61-69(82)78-65(64-88-76-74(87)72(85)75(68(63-80)90-76)91-77-73(86)71(84)70(83)67(62-79)89-77)66(81)60-58-56-54-52-50-48-46-44-42-40-38-36-34-30-28-26-24-22-20-18-16-14-12-10-8-6-4-2/h42,44,50,52,58,60,65-68,70-77,79-81,83-87H,3-41,43,45-49,51,53-57,59,61-64H2,1-2H3,(H,78,82)/b44-42+,52-50+,60-58+. The number of hydrogen-bond acceptors (Lipinski definition) is 13. The van der Waals surface area contributed by atoms with E-state index in [9.17, 15) is 45.6 Å². The van der Waals surface area contributed by atoms with Crippen LogP contribution in [-0.4, -0.2) is 140 Å². The van der Waals surface area contributed by atoms with Gasteiger partial charge < -0.3 is 65.1 Å². The molecule has 12 unspecified atom stereocenters. The fourth-order valence-corrected chi connectivity index (χ4v) is 12.9. The predicted octanol–water partition coefficient (Wildman–Crippen LogP) is 16.9. The lowest BCUT2D eigenvalue weighted by Crippen LogP contribution is -2.65. The molecular formula is C77H145NO13. The van der Waals surface area contributed by atoms with E-state index in [4.69, 9.17) is 18.9 Å². The highest BCUT2D eigenvalue weighted by Gasteiger charge is 2.51.